The van der Waals surface area contributed by atoms with Crippen molar-refractivity contribution in [2.24, 2.45) is 5.41 Å². The second-order valence-corrected chi connectivity index (χ2v) is 4.92. The van der Waals surface area contributed by atoms with Crippen molar-refractivity contribution in [3.05, 3.63) is 29.8 Å². The van der Waals surface area contributed by atoms with E-state index in [-0.39, 0.29) is 5.41 Å². The Labute approximate surface area is 98.3 Å². The summed E-state index contributed by atoms with van der Waals surface area (Å²) >= 11 is 4.30. The van der Waals surface area contributed by atoms with Crippen molar-refractivity contribution in [1.82, 2.24) is 0 Å². The van der Waals surface area contributed by atoms with Crippen LogP contribution in [0.1, 0.15) is 26.3 Å². The molecule has 1 nitrogen and oxygen atoms in total. The third kappa shape index (κ3) is 4.17. The molecule has 0 saturated heterocycles. The minimum Gasteiger partial charge on any atom is -0.493 e. The van der Waals surface area contributed by atoms with E-state index in [1.165, 1.54) is 5.56 Å². The molecule has 1 aromatic rings. The summed E-state index contributed by atoms with van der Waals surface area (Å²) in [6.45, 7) is 7.17. The fourth-order valence-electron chi connectivity index (χ4n) is 1.15. The van der Waals surface area contributed by atoms with E-state index in [2.05, 4.69) is 45.5 Å². The molecule has 0 atom stereocenters. The molecule has 0 aliphatic heterocycles. The Hall–Kier alpha value is -0.630. The fourth-order valence-corrected chi connectivity index (χ4v) is 1.24. The average Bonchev–Trinajstić information content (AvgIpc) is 2.27. The van der Waals surface area contributed by atoms with Gasteiger partial charge in [-0.1, -0.05) is 32.9 Å². The predicted octanol–water partition coefficient (Wildman–Crippen LogP) is 3.58. The average molecular weight is 224 g/mol. The van der Waals surface area contributed by atoms with E-state index in [0.717, 1.165) is 17.9 Å². The lowest BCUT2D eigenvalue weighted by atomic mass is 9.98. The standard InChI is InChI=1S/C13H20OS/c1-4-11-5-7-12(8-6-11)14-9-13(2,3)10-15/h5-8,15H,4,9-10H2,1-3H3. The van der Waals surface area contributed by atoms with Gasteiger partial charge in [0.05, 0.1) is 6.61 Å². The van der Waals surface area contributed by atoms with Crippen LogP contribution in [0.15, 0.2) is 24.3 Å². The second-order valence-electron chi connectivity index (χ2n) is 4.61. The van der Waals surface area contributed by atoms with Crippen LogP contribution in [0.25, 0.3) is 0 Å². The van der Waals surface area contributed by atoms with Gasteiger partial charge in [0.15, 0.2) is 0 Å². The second kappa shape index (κ2) is 5.45. The summed E-state index contributed by atoms with van der Waals surface area (Å²) in [7, 11) is 0. The predicted molar refractivity (Wildman–Crippen MR) is 68.9 cm³/mol. The Bertz CT molecular complexity index is 290. The molecule has 0 saturated carbocycles. The maximum absolute atomic E-state index is 5.71. The van der Waals surface area contributed by atoms with Crippen LogP contribution < -0.4 is 4.74 Å². The van der Waals surface area contributed by atoms with Gasteiger partial charge in [-0.3, -0.25) is 0 Å². The van der Waals surface area contributed by atoms with Crippen molar-refractivity contribution in [2.45, 2.75) is 27.2 Å². The van der Waals surface area contributed by atoms with Gasteiger partial charge < -0.3 is 4.74 Å². The molecule has 0 unspecified atom stereocenters. The van der Waals surface area contributed by atoms with E-state index in [9.17, 15) is 0 Å². The molecule has 0 fully saturated rings. The summed E-state index contributed by atoms with van der Waals surface area (Å²) in [6, 6.07) is 8.30. The van der Waals surface area contributed by atoms with Gasteiger partial charge in [0.2, 0.25) is 0 Å². The monoisotopic (exact) mass is 224 g/mol. The molecule has 15 heavy (non-hydrogen) atoms. The Kier molecular flexibility index (Phi) is 4.52. The largest absolute Gasteiger partial charge is 0.493 e. The molecule has 0 amide bonds. The first-order valence-corrected chi connectivity index (χ1v) is 6.03. The molecule has 0 radical (unpaired) electrons. The van der Waals surface area contributed by atoms with Gasteiger partial charge in [-0.2, -0.15) is 12.6 Å². The third-order valence-electron chi connectivity index (χ3n) is 2.39. The maximum Gasteiger partial charge on any atom is 0.119 e. The smallest absolute Gasteiger partial charge is 0.119 e. The molecule has 2 heteroatoms. The lowest BCUT2D eigenvalue weighted by molar-refractivity contribution is 0.202. The lowest BCUT2D eigenvalue weighted by Crippen LogP contribution is -2.23. The lowest BCUT2D eigenvalue weighted by Gasteiger charge is -2.22. The van der Waals surface area contributed by atoms with Gasteiger partial charge in [0.1, 0.15) is 5.75 Å². The molecule has 0 aliphatic carbocycles. The minimum atomic E-state index is 0.131. The van der Waals surface area contributed by atoms with Gasteiger partial charge >= 0.3 is 0 Å². The summed E-state index contributed by atoms with van der Waals surface area (Å²) in [5.41, 5.74) is 1.47. The van der Waals surface area contributed by atoms with Crippen molar-refractivity contribution in [3.63, 3.8) is 0 Å². The number of thiol groups is 1. The van der Waals surface area contributed by atoms with E-state index in [0.29, 0.717) is 6.61 Å². The summed E-state index contributed by atoms with van der Waals surface area (Å²) in [5, 5.41) is 0. The van der Waals surface area contributed by atoms with Crippen LogP contribution in [-0.4, -0.2) is 12.4 Å². The summed E-state index contributed by atoms with van der Waals surface area (Å²) in [4.78, 5) is 0. The molecular formula is C13H20OS. The van der Waals surface area contributed by atoms with Crippen LogP contribution in [-0.2, 0) is 6.42 Å². The molecule has 0 spiro atoms. The first-order chi connectivity index (χ1) is 7.07. The Balaban J connectivity index is 2.51. The van der Waals surface area contributed by atoms with Crippen molar-refractivity contribution in [1.29, 1.82) is 0 Å². The molecule has 0 aliphatic rings. The maximum atomic E-state index is 5.71. The highest BCUT2D eigenvalue weighted by molar-refractivity contribution is 7.80. The van der Waals surface area contributed by atoms with Crippen LogP contribution in [0, 0.1) is 5.41 Å². The topological polar surface area (TPSA) is 9.23 Å². The quantitative estimate of drug-likeness (QED) is 0.752. The van der Waals surface area contributed by atoms with Crippen molar-refractivity contribution in [3.8, 4) is 5.75 Å². The molecule has 1 rings (SSSR count). The Morgan fingerprint density at radius 2 is 1.80 bits per heavy atom. The highest BCUT2D eigenvalue weighted by Crippen LogP contribution is 2.20. The normalized spacial score (nSPS) is 11.5. The number of hydrogen-bond donors (Lipinski definition) is 1. The molecular weight excluding hydrogens is 204 g/mol. The fraction of sp³-hybridized carbons (Fsp3) is 0.538. The first-order valence-electron chi connectivity index (χ1n) is 5.40. The summed E-state index contributed by atoms with van der Waals surface area (Å²) < 4.78 is 5.71. The van der Waals surface area contributed by atoms with Crippen LogP contribution in [0.2, 0.25) is 0 Å². The van der Waals surface area contributed by atoms with Gasteiger partial charge in [0.25, 0.3) is 0 Å². The molecule has 0 bridgehead atoms. The molecule has 0 heterocycles. The number of rotatable bonds is 5. The molecule has 0 aromatic heterocycles. The zero-order valence-corrected chi connectivity index (χ0v) is 10.7. The molecule has 1 aromatic carbocycles. The van der Waals surface area contributed by atoms with Crippen molar-refractivity contribution in [2.75, 3.05) is 12.4 Å². The van der Waals surface area contributed by atoms with E-state index < -0.39 is 0 Å². The van der Waals surface area contributed by atoms with E-state index in [1.807, 2.05) is 12.1 Å². The van der Waals surface area contributed by atoms with Crippen molar-refractivity contribution >= 4 is 12.6 Å². The van der Waals surface area contributed by atoms with Crippen LogP contribution >= 0.6 is 12.6 Å². The number of hydrogen-bond acceptors (Lipinski definition) is 2. The SMILES string of the molecule is CCc1ccc(OCC(C)(C)CS)cc1. The highest BCUT2D eigenvalue weighted by Gasteiger charge is 2.16. The van der Waals surface area contributed by atoms with Gasteiger partial charge in [0, 0.05) is 5.41 Å². The summed E-state index contributed by atoms with van der Waals surface area (Å²) in [5.74, 6) is 1.78. The first kappa shape index (κ1) is 12.4. The number of benzene rings is 1. The van der Waals surface area contributed by atoms with Gasteiger partial charge in [-0.15, -0.1) is 0 Å². The van der Waals surface area contributed by atoms with Crippen molar-refractivity contribution < 1.29 is 4.74 Å². The van der Waals surface area contributed by atoms with Crippen LogP contribution in [0.4, 0.5) is 0 Å². The van der Waals surface area contributed by atoms with E-state index in [1.54, 1.807) is 0 Å². The Morgan fingerprint density at radius 1 is 1.20 bits per heavy atom. The zero-order valence-electron chi connectivity index (χ0n) is 9.79. The van der Waals surface area contributed by atoms with Crippen LogP contribution in [0.5, 0.6) is 5.75 Å². The van der Waals surface area contributed by atoms with Crippen LogP contribution in [0.3, 0.4) is 0 Å². The van der Waals surface area contributed by atoms with Gasteiger partial charge in [-0.25, -0.2) is 0 Å². The Morgan fingerprint density at radius 3 is 2.27 bits per heavy atom. The van der Waals surface area contributed by atoms with E-state index in [4.69, 9.17) is 4.74 Å². The van der Waals surface area contributed by atoms with Gasteiger partial charge in [-0.05, 0) is 29.9 Å². The molecule has 84 valence electrons. The number of ether oxygens (including phenoxy) is 1. The minimum absolute atomic E-state index is 0.131. The van der Waals surface area contributed by atoms with E-state index >= 15 is 0 Å². The highest BCUT2D eigenvalue weighted by atomic mass is 32.1. The summed E-state index contributed by atoms with van der Waals surface area (Å²) in [6.07, 6.45) is 1.07. The zero-order chi connectivity index (χ0) is 11.3. The molecule has 0 N–H and O–H groups in total. The number of aryl methyl sites for hydroxylation is 1. The third-order valence-corrected chi connectivity index (χ3v) is 3.25.